The molecular formula is C13H20ClNO2S. The van der Waals surface area contributed by atoms with Crippen molar-refractivity contribution in [3.05, 3.63) is 35.4 Å². The van der Waals surface area contributed by atoms with E-state index in [0.29, 0.717) is 18.8 Å². The summed E-state index contributed by atoms with van der Waals surface area (Å²) < 4.78 is 25.2. The minimum Gasteiger partial charge on any atom is -0.212 e. The molecule has 0 aliphatic rings. The van der Waals surface area contributed by atoms with E-state index in [1.807, 2.05) is 24.3 Å². The average molecular weight is 290 g/mol. The highest BCUT2D eigenvalue weighted by Gasteiger charge is 2.17. The first-order valence-corrected chi connectivity index (χ1v) is 8.21. The topological polar surface area (TPSA) is 37.4 Å². The van der Waals surface area contributed by atoms with Crippen LogP contribution in [0.25, 0.3) is 0 Å². The van der Waals surface area contributed by atoms with E-state index >= 15 is 0 Å². The second kappa shape index (κ2) is 7.12. The van der Waals surface area contributed by atoms with Gasteiger partial charge in [0.05, 0.1) is 5.75 Å². The Kier molecular flexibility index (Phi) is 6.12. The Morgan fingerprint density at radius 3 is 2.22 bits per heavy atom. The molecule has 5 heteroatoms. The molecule has 0 unspecified atom stereocenters. The molecule has 0 aliphatic heterocycles. The van der Waals surface area contributed by atoms with Gasteiger partial charge in [-0.2, -0.15) is 0 Å². The summed E-state index contributed by atoms with van der Waals surface area (Å²) in [6.45, 7) is 2.51. The summed E-state index contributed by atoms with van der Waals surface area (Å²) in [5.41, 5.74) is 2.26. The summed E-state index contributed by atoms with van der Waals surface area (Å²) in [6.07, 6.45) is 1.48. The first-order chi connectivity index (χ1) is 8.49. The summed E-state index contributed by atoms with van der Waals surface area (Å²) in [4.78, 5) is 0. The molecule has 0 aromatic heterocycles. The van der Waals surface area contributed by atoms with Crippen molar-refractivity contribution in [2.75, 3.05) is 18.7 Å². The van der Waals surface area contributed by atoms with E-state index in [4.69, 9.17) is 11.6 Å². The second-order valence-corrected chi connectivity index (χ2v) is 6.86. The van der Waals surface area contributed by atoms with Gasteiger partial charge in [0.25, 0.3) is 0 Å². The molecule has 0 bridgehead atoms. The normalized spacial score (nSPS) is 12.0. The number of sulfonamides is 1. The number of aryl methyl sites for hydroxylation is 1. The van der Waals surface area contributed by atoms with Crippen LogP contribution in [0.1, 0.15) is 24.5 Å². The molecule has 0 atom stereocenters. The molecule has 0 amide bonds. The highest BCUT2D eigenvalue weighted by molar-refractivity contribution is 7.89. The number of nitrogens with zero attached hydrogens (tertiary/aromatic N) is 1. The van der Waals surface area contributed by atoms with E-state index in [9.17, 15) is 8.42 Å². The molecule has 0 spiro atoms. The highest BCUT2D eigenvalue weighted by atomic mass is 35.5. The Hall–Kier alpha value is -0.580. The van der Waals surface area contributed by atoms with Crippen molar-refractivity contribution in [3.8, 4) is 0 Å². The Labute approximate surface area is 115 Å². The molecule has 0 radical (unpaired) electrons. The van der Waals surface area contributed by atoms with Gasteiger partial charge in [0, 0.05) is 19.5 Å². The first-order valence-electron chi connectivity index (χ1n) is 6.07. The van der Waals surface area contributed by atoms with E-state index in [2.05, 4.69) is 6.92 Å². The van der Waals surface area contributed by atoms with Gasteiger partial charge in [-0.05, 0) is 24.0 Å². The van der Waals surface area contributed by atoms with Gasteiger partial charge in [0.1, 0.15) is 0 Å². The SMILES string of the molecule is CCc1ccc(CN(C)S(=O)(=O)CCCCl)cc1. The van der Waals surface area contributed by atoms with Gasteiger partial charge in [0.2, 0.25) is 10.0 Å². The molecular weight excluding hydrogens is 270 g/mol. The third kappa shape index (κ3) is 4.59. The Balaban J connectivity index is 2.65. The fourth-order valence-corrected chi connectivity index (χ4v) is 3.09. The van der Waals surface area contributed by atoms with Crippen molar-refractivity contribution >= 4 is 21.6 Å². The third-order valence-corrected chi connectivity index (χ3v) is 5.00. The van der Waals surface area contributed by atoms with E-state index < -0.39 is 10.0 Å². The minimum absolute atomic E-state index is 0.111. The number of halogens is 1. The van der Waals surface area contributed by atoms with Crippen LogP contribution in [0.15, 0.2) is 24.3 Å². The lowest BCUT2D eigenvalue weighted by atomic mass is 10.1. The van der Waals surface area contributed by atoms with Crippen LogP contribution in [-0.4, -0.2) is 31.4 Å². The minimum atomic E-state index is -3.19. The van der Waals surface area contributed by atoms with Gasteiger partial charge < -0.3 is 0 Å². The van der Waals surface area contributed by atoms with Crippen LogP contribution in [0.5, 0.6) is 0 Å². The summed E-state index contributed by atoms with van der Waals surface area (Å²) in [7, 11) is -1.58. The van der Waals surface area contributed by atoms with Gasteiger partial charge in [-0.15, -0.1) is 11.6 Å². The van der Waals surface area contributed by atoms with Crippen molar-refractivity contribution in [1.82, 2.24) is 4.31 Å². The van der Waals surface area contributed by atoms with Crippen LogP contribution in [0.2, 0.25) is 0 Å². The van der Waals surface area contributed by atoms with Crippen LogP contribution in [0.3, 0.4) is 0 Å². The zero-order valence-electron chi connectivity index (χ0n) is 10.9. The zero-order valence-corrected chi connectivity index (χ0v) is 12.5. The number of hydrogen-bond donors (Lipinski definition) is 0. The molecule has 102 valence electrons. The van der Waals surface area contributed by atoms with Crippen molar-refractivity contribution in [1.29, 1.82) is 0 Å². The second-order valence-electron chi connectivity index (χ2n) is 4.28. The van der Waals surface area contributed by atoms with Crippen LogP contribution < -0.4 is 0 Å². The van der Waals surface area contributed by atoms with E-state index in [-0.39, 0.29) is 5.75 Å². The summed E-state index contributed by atoms with van der Waals surface area (Å²) in [5, 5.41) is 0. The van der Waals surface area contributed by atoms with Gasteiger partial charge in [0.15, 0.2) is 0 Å². The van der Waals surface area contributed by atoms with Gasteiger partial charge in [-0.1, -0.05) is 31.2 Å². The molecule has 3 nitrogen and oxygen atoms in total. The zero-order chi connectivity index (χ0) is 13.6. The number of hydrogen-bond acceptors (Lipinski definition) is 2. The quantitative estimate of drug-likeness (QED) is 0.724. The highest BCUT2D eigenvalue weighted by Crippen LogP contribution is 2.10. The smallest absolute Gasteiger partial charge is 0.212 e. The summed E-state index contributed by atoms with van der Waals surface area (Å²) >= 11 is 5.52. The van der Waals surface area contributed by atoms with Crippen LogP contribution in [-0.2, 0) is 23.0 Å². The monoisotopic (exact) mass is 289 g/mol. The third-order valence-electron chi connectivity index (χ3n) is 2.85. The van der Waals surface area contributed by atoms with E-state index in [1.54, 1.807) is 7.05 Å². The number of rotatable bonds is 7. The van der Waals surface area contributed by atoms with Gasteiger partial charge in [-0.25, -0.2) is 12.7 Å². The summed E-state index contributed by atoms with van der Waals surface area (Å²) in [5.74, 6) is 0.484. The fraction of sp³-hybridized carbons (Fsp3) is 0.538. The molecule has 0 saturated carbocycles. The van der Waals surface area contributed by atoms with Crippen LogP contribution in [0, 0.1) is 0 Å². The van der Waals surface area contributed by atoms with Crippen LogP contribution >= 0.6 is 11.6 Å². The molecule has 0 fully saturated rings. The van der Waals surface area contributed by atoms with Gasteiger partial charge in [-0.3, -0.25) is 0 Å². The molecule has 1 aromatic rings. The molecule has 0 aliphatic carbocycles. The largest absolute Gasteiger partial charge is 0.214 e. The van der Waals surface area contributed by atoms with E-state index in [0.717, 1.165) is 12.0 Å². The van der Waals surface area contributed by atoms with Crippen molar-refractivity contribution < 1.29 is 8.42 Å². The standard InChI is InChI=1S/C13H20ClNO2S/c1-3-12-5-7-13(8-6-12)11-15(2)18(16,17)10-4-9-14/h5-8H,3-4,9-11H2,1-2H3. The predicted molar refractivity (Wildman–Crippen MR) is 76.4 cm³/mol. The Morgan fingerprint density at radius 1 is 1.17 bits per heavy atom. The molecule has 18 heavy (non-hydrogen) atoms. The first kappa shape index (κ1) is 15.5. The van der Waals surface area contributed by atoms with Crippen LogP contribution in [0.4, 0.5) is 0 Å². The lowest BCUT2D eigenvalue weighted by molar-refractivity contribution is 0.466. The molecule has 0 heterocycles. The molecule has 0 N–H and O–H groups in total. The van der Waals surface area contributed by atoms with Crippen molar-refractivity contribution in [3.63, 3.8) is 0 Å². The summed E-state index contributed by atoms with van der Waals surface area (Å²) in [6, 6.07) is 8.03. The van der Waals surface area contributed by atoms with Crippen molar-refractivity contribution in [2.24, 2.45) is 0 Å². The van der Waals surface area contributed by atoms with E-state index in [1.165, 1.54) is 9.87 Å². The molecule has 1 rings (SSSR count). The number of benzene rings is 1. The maximum atomic E-state index is 11.9. The Morgan fingerprint density at radius 2 is 1.72 bits per heavy atom. The predicted octanol–water partition coefficient (Wildman–Crippen LogP) is 2.64. The lowest BCUT2D eigenvalue weighted by Gasteiger charge is -2.17. The Bertz CT molecular complexity index is 456. The molecule has 1 aromatic carbocycles. The average Bonchev–Trinajstić information content (AvgIpc) is 2.37. The molecule has 0 saturated heterocycles. The van der Waals surface area contributed by atoms with Crippen molar-refractivity contribution in [2.45, 2.75) is 26.3 Å². The maximum absolute atomic E-state index is 11.9. The van der Waals surface area contributed by atoms with Gasteiger partial charge >= 0.3 is 0 Å². The maximum Gasteiger partial charge on any atom is 0.214 e. The number of alkyl halides is 1. The fourth-order valence-electron chi connectivity index (χ4n) is 1.63. The lowest BCUT2D eigenvalue weighted by Crippen LogP contribution is -2.29.